The van der Waals surface area contributed by atoms with Crippen molar-refractivity contribution >= 4 is 23.2 Å². The van der Waals surface area contributed by atoms with Crippen LogP contribution < -0.4 is 0 Å². The van der Waals surface area contributed by atoms with Crippen LogP contribution in [0.1, 0.15) is 26.2 Å². The molecule has 0 saturated heterocycles. The first kappa shape index (κ1) is 18.9. The molecule has 7 nitrogen and oxygen atoms in total. The summed E-state index contributed by atoms with van der Waals surface area (Å²) in [6, 6.07) is 3.79. The highest BCUT2D eigenvalue weighted by atomic mass is 32.1. The lowest BCUT2D eigenvalue weighted by Gasteiger charge is -2.20. The first-order valence-corrected chi connectivity index (χ1v) is 8.81. The van der Waals surface area contributed by atoms with Crippen LogP contribution in [0.15, 0.2) is 34.2 Å². The predicted octanol–water partition coefficient (Wildman–Crippen LogP) is 2.70. The lowest BCUT2D eigenvalue weighted by Crippen LogP contribution is -2.35. The van der Waals surface area contributed by atoms with Gasteiger partial charge in [0.15, 0.2) is 6.61 Å². The van der Waals surface area contributed by atoms with Crippen LogP contribution in [0.2, 0.25) is 0 Å². The first-order valence-electron chi connectivity index (χ1n) is 7.93. The molecule has 25 heavy (non-hydrogen) atoms. The van der Waals surface area contributed by atoms with Gasteiger partial charge in [-0.15, -0.1) is 11.3 Å². The van der Waals surface area contributed by atoms with E-state index < -0.39 is 5.97 Å². The van der Waals surface area contributed by atoms with Crippen LogP contribution in [-0.2, 0) is 20.7 Å². The van der Waals surface area contributed by atoms with Crippen molar-refractivity contribution in [3.05, 3.63) is 35.6 Å². The minimum Gasteiger partial charge on any atom is -0.456 e. The Kier molecular flexibility index (Phi) is 6.88. The Morgan fingerprint density at radius 1 is 1.44 bits per heavy atom. The number of rotatable bonds is 9. The summed E-state index contributed by atoms with van der Waals surface area (Å²) in [6.07, 6.45) is 0.348. The fourth-order valence-corrected chi connectivity index (χ4v) is 2.73. The molecule has 0 spiro atoms. The van der Waals surface area contributed by atoms with Crippen molar-refractivity contribution in [2.75, 3.05) is 19.7 Å². The summed E-state index contributed by atoms with van der Waals surface area (Å²) in [4.78, 5) is 30.5. The van der Waals surface area contributed by atoms with Gasteiger partial charge in [-0.25, -0.2) is 0 Å². The molecule has 0 aliphatic heterocycles. The van der Waals surface area contributed by atoms with Gasteiger partial charge in [0, 0.05) is 19.5 Å². The Morgan fingerprint density at radius 2 is 2.24 bits per heavy atom. The van der Waals surface area contributed by atoms with Gasteiger partial charge in [-0.05, 0) is 25.3 Å². The van der Waals surface area contributed by atoms with E-state index in [0.717, 1.165) is 10.5 Å². The molecule has 0 radical (unpaired) electrons. The van der Waals surface area contributed by atoms with Crippen molar-refractivity contribution < 1.29 is 18.8 Å². The van der Waals surface area contributed by atoms with Crippen molar-refractivity contribution in [3.63, 3.8) is 0 Å². The molecular formula is C17H21N3O4S. The van der Waals surface area contributed by atoms with Gasteiger partial charge in [0.1, 0.15) is 0 Å². The third-order valence-corrected chi connectivity index (χ3v) is 4.17. The third-order valence-electron chi connectivity index (χ3n) is 3.30. The maximum absolute atomic E-state index is 12.0. The maximum atomic E-state index is 12.0. The maximum Gasteiger partial charge on any atom is 0.306 e. The van der Waals surface area contributed by atoms with Crippen LogP contribution in [0.25, 0.3) is 10.7 Å². The van der Waals surface area contributed by atoms with Crippen molar-refractivity contribution in [1.29, 1.82) is 0 Å². The standard InChI is InChI=1S/C17H21N3O4S/c1-4-20(10-12(2)3)15(21)11-23-16(22)8-7-14-18-17(19-24-14)13-6-5-9-25-13/h5-6,9H,2,4,7-8,10-11H2,1,3H3. The van der Waals surface area contributed by atoms with E-state index in [1.807, 2.05) is 31.4 Å². The molecule has 2 aromatic heterocycles. The SMILES string of the molecule is C=C(C)CN(CC)C(=O)COC(=O)CCc1nc(-c2cccs2)no1. The van der Waals surface area contributed by atoms with Gasteiger partial charge in [-0.3, -0.25) is 9.59 Å². The Labute approximate surface area is 150 Å². The molecule has 134 valence electrons. The summed E-state index contributed by atoms with van der Waals surface area (Å²) in [5, 5.41) is 5.80. The van der Waals surface area contributed by atoms with Gasteiger partial charge in [0.05, 0.1) is 11.3 Å². The smallest absolute Gasteiger partial charge is 0.306 e. The van der Waals surface area contributed by atoms with E-state index in [-0.39, 0.29) is 25.4 Å². The van der Waals surface area contributed by atoms with Crippen molar-refractivity contribution in [3.8, 4) is 10.7 Å². The molecule has 1 amide bonds. The number of aromatic nitrogens is 2. The van der Waals surface area contributed by atoms with Crippen LogP contribution in [0.3, 0.4) is 0 Å². The lowest BCUT2D eigenvalue weighted by atomic mass is 10.3. The fraction of sp³-hybridized carbons (Fsp3) is 0.412. The Bertz CT molecular complexity index is 724. The minimum absolute atomic E-state index is 0.0754. The number of amides is 1. The monoisotopic (exact) mass is 363 g/mol. The van der Waals surface area contributed by atoms with E-state index in [0.29, 0.717) is 24.8 Å². The van der Waals surface area contributed by atoms with E-state index >= 15 is 0 Å². The third kappa shape index (κ3) is 5.82. The number of likely N-dealkylation sites (N-methyl/N-ethyl adjacent to an activating group) is 1. The number of hydrogen-bond donors (Lipinski definition) is 0. The summed E-state index contributed by atoms with van der Waals surface area (Å²) < 4.78 is 10.1. The minimum atomic E-state index is -0.476. The molecule has 0 fully saturated rings. The molecule has 0 bridgehead atoms. The van der Waals surface area contributed by atoms with Gasteiger partial charge < -0.3 is 14.2 Å². The Hall–Kier alpha value is -2.48. The molecule has 0 unspecified atom stereocenters. The number of esters is 1. The van der Waals surface area contributed by atoms with Gasteiger partial charge >= 0.3 is 5.97 Å². The van der Waals surface area contributed by atoms with Gasteiger partial charge in [0.2, 0.25) is 11.7 Å². The zero-order chi connectivity index (χ0) is 18.2. The van der Waals surface area contributed by atoms with Crippen LogP contribution in [0.4, 0.5) is 0 Å². The number of thiophene rings is 1. The zero-order valence-electron chi connectivity index (χ0n) is 14.4. The van der Waals surface area contributed by atoms with Crippen molar-refractivity contribution in [1.82, 2.24) is 15.0 Å². The number of nitrogens with zero attached hydrogens (tertiary/aromatic N) is 3. The number of carbonyl (C=O) groups is 2. The van der Waals surface area contributed by atoms with E-state index in [4.69, 9.17) is 9.26 Å². The molecule has 0 aliphatic carbocycles. The van der Waals surface area contributed by atoms with Gasteiger partial charge in [-0.2, -0.15) is 4.98 Å². The van der Waals surface area contributed by atoms with Gasteiger partial charge in [-0.1, -0.05) is 23.4 Å². The number of aryl methyl sites for hydroxylation is 1. The molecule has 0 aliphatic rings. The molecule has 2 heterocycles. The van der Waals surface area contributed by atoms with Crippen molar-refractivity contribution in [2.45, 2.75) is 26.7 Å². The molecule has 0 saturated carbocycles. The Balaban J connectivity index is 1.75. The summed E-state index contributed by atoms with van der Waals surface area (Å²) in [7, 11) is 0. The average Bonchev–Trinajstić information content (AvgIpc) is 3.26. The summed E-state index contributed by atoms with van der Waals surface area (Å²) in [5.41, 5.74) is 0.875. The zero-order valence-corrected chi connectivity index (χ0v) is 15.2. The fourth-order valence-electron chi connectivity index (χ4n) is 2.08. The quantitative estimate of drug-likeness (QED) is 0.503. The molecule has 2 rings (SSSR count). The van der Waals surface area contributed by atoms with E-state index in [9.17, 15) is 9.59 Å². The number of hydrogen-bond acceptors (Lipinski definition) is 7. The van der Waals surface area contributed by atoms with Crippen LogP contribution in [0, 0.1) is 0 Å². The molecule has 8 heteroatoms. The molecule has 0 N–H and O–H groups in total. The molecular weight excluding hydrogens is 342 g/mol. The van der Waals surface area contributed by atoms with E-state index in [1.165, 1.54) is 11.3 Å². The van der Waals surface area contributed by atoms with E-state index in [2.05, 4.69) is 16.7 Å². The number of carbonyl (C=O) groups excluding carboxylic acids is 2. The van der Waals surface area contributed by atoms with Crippen LogP contribution in [0.5, 0.6) is 0 Å². The highest BCUT2D eigenvalue weighted by Crippen LogP contribution is 2.21. The van der Waals surface area contributed by atoms with Crippen molar-refractivity contribution in [2.24, 2.45) is 0 Å². The second-order valence-electron chi connectivity index (χ2n) is 5.51. The topological polar surface area (TPSA) is 85.5 Å². The number of ether oxygens (including phenoxy) is 1. The highest BCUT2D eigenvalue weighted by Gasteiger charge is 2.16. The summed E-state index contributed by atoms with van der Waals surface area (Å²) >= 11 is 1.51. The molecule has 2 aromatic rings. The summed E-state index contributed by atoms with van der Waals surface area (Å²) in [5.74, 6) is 0.156. The predicted molar refractivity (Wildman–Crippen MR) is 94.0 cm³/mol. The van der Waals surface area contributed by atoms with E-state index in [1.54, 1.807) is 4.90 Å². The van der Waals surface area contributed by atoms with Gasteiger partial charge in [0.25, 0.3) is 5.91 Å². The Morgan fingerprint density at radius 3 is 2.88 bits per heavy atom. The lowest BCUT2D eigenvalue weighted by molar-refractivity contribution is -0.151. The second-order valence-corrected chi connectivity index (χ2v) is 6.46. The second kappa shape index (κ2) is 9.12. The molecule has 0 atom stereocenters. The molecule has 0 aromatic carbocycles. The van der Waals surface area contributed by atoms with Crippen LogP contribution >= 0.6 is 11.3 Å². The summed E-state index contributed by atoms with van der Waals surface area (Å²) in [6.45, 7) is 8.21. The first-order chi connectivity index (χ1) is 12.0. The van der Waals surface area contributed by atoms with Crippen LogP contribution in [-0.4, -0.2) is 46.6 Å². The normalized spacial score (nSPS) is 10.5. The highest BCUT2D eigenvalue weighted by molar-refractivity contribution is 7.13. The average molecular weight is 363 g/mol. The largest absolute Gasteiger partial charge is 0.456 e.